The van der Waals surface area contributed by atoms with Gasteiger partial charge in [0.25, 0.3) is 0 Å². The molecule has 1 unspecified atom stereocenters. The molecule has 0 aliphatic carbocycles. The van der Waals surface area contributed by atoms with E-state index in [1.807, 2.05) is 0 Å². The van der Waals surface area contributed by atoms with Gasteiger partial charge < -0.3 is 14.2 Å². The van der Waals surface area contributed by atoms with Crippen LogP contribution in [0, 0.1) is 0 Å². The first-order chi connectivity index (χ1) is 34.5. The van der Waals surface area contributed by atoms with Crippen molar-refractivity contribution in [3.05, 3.63) is 122 Å². The Balaban J connectivity index is 4.45. The van der Waals surface area contributed by atoms with Gasteiger partial charge in [0.15, 0.2) is 6.10 Å². The summed E-state index contributed by atoms with van der Waals surface area (Å²) in [5.74, 6) is -0.977. The van der Waals surface area contributed by atoms with Gasteiger partial charge in [-0.3, -0.25) is 14.4 Å². The highest BCUT2D eigenvalue weighted by molar-refractivity contribution is 5.71. The van der Waals surface area contributed by atoms with Crippen LogP contribution in [0.15, 0.2) is 122 Å². The summed E-state index contributed by atoms with van der Waals surface area (Å²) in [6.45, 7) is 6.39. The Hall–Kier alpha value is -4.19. The maximum Gasteiger partial charge on any atom is 0.306 e. The van der Waals surface area contributed by atoms with E-state index in [0.29, 0.717) is 25.7 Å². The topological polar surface area (TPSA) is 78.9 Å². The molecule has 0 aromatic carbocycles. The van der Waals surface area contributed by atoms with Gasteiger partial charge in [0, 0.05) is 19.3 Å². The van der Waals surface area contributed by atoms with Crippen LogP contribution < -0.4 is 0 Å². The van der Waals surface area contributed by atoms with Gasteiger partial charge in [-0.05, 0) is 128 Å². The molecule has 0 saturated heterocycles. The predicted molar refractivity (Wildman–Crippen MR) is 302 cm³/mol. The maximum atomic E-state index is 12.8. The second kappa shape index (κ2) is 57.4. The number of hydrogen-bond donors (Lipinski definition) is 0. The van der Waals surface area contributed by atoms with Gasteiger partial charge in [-0.15, -0.1) is 0 Å². The van der Waals surface area contributed by atoms with E-state index < -0.39 is 6.10 Å². The first-order valence-electron chi connectivity index (χ1n) is 28.5. The predicted octanol–water partition coefficient (Wildman–Crippen LogP) is 19.3. The molecule has 6 heteroatoms. The molecular weight excluding hydrogens is 865 g/mol. The van der Waals surface area contributed by atoms with E-state index >= 15 is 0 Å². The Bertz CT molecular complexity index is 1490. The number of carbonyl (C=O) groups excluding carboxylic acids is 3. The molecule has 0 N–H and O–H groups in total. The Morgan fingerprint density at radius 1 is 0.300 bits per heavy atom. The molecule has 6 nitrogen and oxygen atoms in total. The van der Waals surface area contributed by atoms with E-state index in [1.165, 1.54) is 64.2 Å². The lowest BCUT2D eigenvalue weighted by molar-refractivity contribution is -0.167. The van der Waals surface area contributed by atoms with E-state index in [0.717, 1.165) is 135 Å². The van der Waals surface area contributed by atoms with E-state index in [2.05, 4.69) is 142 Å². The number of hydrogen-bond acceptors (Lipinski definition) is 6. The third-order valence-corrected chi connectivity index (χ3v) is 11.7. The molecule has 0 rings (SSSR count). The summed E-state index contributed by atoms with van der Waals surface area (Å²) in [6, 6.07) is 0. The van der Waals surface area contributed by atoms with Crippen LogP contribution in [0.4, 0.5) is 0 Å². The minimum absolute atomic E-state index is 0.105. The van der Waals surface area contributed by atoms with Gasteiger partial charge in [0.2, 0.25) is 0 Å². The van der Waals surface area contributed by atoms with Crippen molar-refractivity contribution in [1.29, 1.82) is 0 Å². The molecular formula is C64H104O6. The third kappa shape index (κ3) is 54.7. The van der Waals surface area contributed by atoms with Crippen molar-refractivity contribution >= 4 is 17.9 Å². The summed E-state index contributed by atoms with van der Waals surface area (Å²) in [5, 5.41) is 0. The number of allylic oxidation sites excluding steroid dienone is 20. The molecule has 1 atom stereocenters. The zero-order chi connectivity index (χ0) is 50.7. The van der Waals surface area contributed by atoms with Gasteiger partial charge in [0.05, 0.1) is 0 Å². The molecule has 0 aliphatic heterocycles. The second-order valence-corrected chi connectivity index (χ2v) is 18.5. The van der Waals surface area contributed by atoms with Crippen molar-refractivity contribution < 1.29 is 28.6 Å². The normalized spacial score (nSPS) is 13.0. The summed E-state index contributed by atoms with van der Waals surface area (Å²) in [6.07, 6.45) is 79.1. The summed E-state index contributed by atoms with van der Waals surface area (Å²) < 4.78 is 16.8. The van der Waals surface area contributed by atoms with Gasteiger partial charge in [-0.1, -0.05) is 219 Å². The van der Waals surface area contributed by atoms with Crippen molar-refractivity contribution in [1.82, 2.24) is 0 Å². The Kier molecular flexibility index (Phi) is 54.0. The van der Waals surface area contributed by atoms with E-state index in [-0.39, 0.29) is 31.1 Å². The lowest BCUT2D eigenvalue weighted by Gasteiger charge is -2.18. The minimum Gasteiger partial charge on any atom is -0.462 e. The van der Waals surface area contributed by atoms with Gasteiger partial charge in [-0.25, -0.2) is 0 Å². The number of ether oxygens (including phenoxy) is 3. The SMILES string of the molecule is CC/C=C\C/C=C\C/C=C\C/C=C\C/C=C\C/C=C\CCCCC(=O)OCC(COC(=O)CCCCCCC/C=C\CCC)OC(=O)CCCCCCCC/C=C\C/C=C\C/C=C\CCCCCCC. The molecule has 0 fully saturated rings. The molecule has 70 heavy (non-hydrogen) atoms. The quantitative estimate of drug-likeness (QED) is 0.0262. The van der Waals surface area contributed by atoms with Crippen LogP contribution >= 0.6 is 0 Å². The molecule has 396 valence electrons. The van der Waals surface area contributed by atoms with E-state index in [4.69, 9.17) is 14.2 Å². The fraction of sp³-hybridized carbons (Fsp3) is 0.641. The number of esters is 3. The van der Waals surface area contributed by atoms with Gasteiger partial charge in [0.1, 0.15) is 13.2 Å². The zero-order valence-corrected chi connectivity index (χ0v) is 45.2. The average molecular weight is 970 g/mol. The fourth-order valence-corrected chi connectivity index (χ4v) is 7.39. The van der Waals surface area contributed by atoms with Crippen LogP contribution in [0.2, 0.25) is 0 Å². The molecule has 0 spiro atoms. The third-order valence-electron chi connectivity index (χ3n) is 11.7. The molecule has 0 heterocycles. The number of unbranched alkanes of at least 4 members (excludes halogenated alkanes) is 19. The summed E-state index contributed by atoms with van der Waals surface area (Å²) in [7, 11) is 0. The molecule has 0 aromatic rings. The number of carbonyl (C=O) groups is 3. The minimum atomic E-state index is -0.810. The van der Waals surface area contributed by atoms with Crippen molar-refractivity contribution in [2.24, 2.45) is 0 Å². The summed E-state index contributed by atoms with van der Waals surface area (Å²) in [5.41, 5.74) is 0. The first-order valence-corrected chi connectivity index (χ1v) is 28.5. The highest BCUT2D eigenvalue weighted by Gasteiger charge is 2.19. The zero-order valence-electron chi connectivity index (χ0n) is 45.2. The largest absolute Gasteiger partial charge is 0.462 e. The lowest BCUT2D eigenvalue weighted by Crippen LogP contribution is -2.30. The summed E-state index contributed by atoms with van der Waals surface area (Å²) in [4.78, 5) is 38.1. The van der Waals surface area contributed by atoms with Crippen LogP contribution in [0.1, 0.15) is 245 Å². The highest BCUT2D eigenvalue weighted by Crippen LogP contribution is 2.13. The fourth-order valence-electron chi connectivity index (χ4n) is 7.39. The van der Waals surface area contributed by atoms with Crippen molar-refractivity contribution in [3.8, 4) is 0 Å². The van der Waals surface area contributed by atoms with Crippen molar-refractivity contribution in [2.75, 3.05) is 13.2 Å². The lowest BCUT2D eigenvalue weighted by atomic mass is 10.1. The van der Waals surface area contributed by atoms with Crippen LogP contribution in [-0.4, -0.2) is 37.2 Å². The molecule has 0 radical (unpaired) electrons. The van der Waals surface area contributed by atoms with Crippen LogP contribution in [0.5, 0.6) is 0 Å². The average Bonchev–Trinajstić information content (AvgIpc) is 3.36. The Morgan fingerprint density at radius 2 is 0.586 bits per heavy atom. The molecule has 0 saturated carbocycles. The van der Waals surface area contributed by atoms with Gasteiger partial charge >= 0.3 is 17.9 Å². The standard InChI is InChI=1S/C64H104O6/c1-4-7-10-13-16-19-22-24-26-28-30-32-34-36-38-40-42-45-48-51-54-57-63(66)69-60-61(59-68-62(65)56-53-50-47-44-21-18-15-12-9-6-3)70-64(67)58-55-52-49-46-43-41-39-37-35-33-31-29-27-25-23-20-17-14-11-8-5-2/h7,10,12,15-16,19,23-26,29-32,35-38,42,45,61H,4-6,8-9,11,13-14,17-18,20-22,27-28,33-34,39-41,43-44,46-60H2,1-3H3/b10-7-,15-12-,19-16-,25-23-,26-24-,31-29-,32-30-,37-35-,38-36-,45-42-. The smallest absolute Gasteiger partial charge is 0.306 e. The summed E-state index contributed by atoms with van der Waals surface area (Å²) >= 11 is 0. The van der Waals surface area contributed by atoms with Crippen LogP contribution in [-0.2, 0) is 28.6 Å². The monoisotopic (exact) mass is 969 g/mol. The first kappa shape index (κ1) is 65.8. The molecule has 0 bridgehead atoms. The Labute approximate surface area is 431 Å². The maximum absolute atomic E-state index is 12.8. The Morgan fingerprint density at radius 3 is 0.971 bits per heavy atom. The van der Waals surface area contributed by atoms with Crippen molar-refractivity contribution in [2.45, 2.75) is 252 Å². The molecule has 0 aliphatic rings. The molecule has 0 amide bonds. The van der Waals surface area contributed by atoms with Crippen LogP contribution in [0.25, 0.3) is 0 Å². The van der Waals surface area contributed by atoms with E-state index in [9.17, 15) is 14.4 Å². The van der Waals surface area contributed by atoms with E-state index in [1.54, 1.807) is 0 Å². The highest BCUT2D eigenvalue weighted by atomic mass is 16.6. The van der Waals surface area contributed by atoms with Gasteiger partial charge in [-0.2, -0.15) is 0 Å². The van der Waals surface area contributed by atoms with Crippen LogP contribution in [0.3, 0.4) is 0 Å². The second-order valence-electron chi connectivity index (χ2n) is 18.5. The molecule has 0 aromatic heterocycles. The number of rotatable bonds is 50. The van der Waals surface area contributed by atoms with Crippen molar-refractivity contribution in [3.63, 3.8) is 0 Å².